The van der Waals surface area contributed by atoms with Crippen molar-refractivity contribution in [1.29, 1.82) is 0 Å². The standard InChI is InChI=1S/C28H21ClN8O2/c29-21-7-4-8-22-24(21)28(39)37(19-5-2-1-3-6-19)23(36-22)12-14-33-27-20(25(30)34-16-35-27)10-9-18-15-17(26(31)38)11-13-32-18/h1-8,11,13,15-16H,12,14H2,(H2,31,38)(H3,30,33,34,35). The van der Waals surface area contributed by atoms with Crippen molar-refractivity contribution in [1.82, 2.24) is 24.5 Å². The van der Waals surface area contributed by atoms with Gasteiger partial charge in [-0.05, 0) is 42.3 Å². The van der Waals surface area contributed by atoms with Crippen LogP contribution in [-0.2, 0) is 6.42 Å². The summed E-state index contributed by atoms with van der Waals surface area (Å²) in [6.07, 6.45) is 3.14. The molecular formula is C28H21ClN8O2. The zero-order chi connectivity index (χ0) is 27.4. The van der Waals surface area contributed by atoms with E-state index in [1.165, 1.54) is 24.7 Å². The Morgan fingerprint density at radius 1 is 1.03 bits per heavy atom. The lowest BCUT2D eigenvalue weighted by Crippen LogP contribution is -2.25. The van der Waals surface area contributed by atoms with Crippen molar-refractivity contribution in [3.8, 4) is 17.5 Å². The number of fused-ring (bicyclic) bond motifs is 1. The lowest BCUT2D eigenvalue weighted by molar-refractivity contribution is 0.1000. The summed E-state index contributed by atoms with van der Waals surface area (Å²) >= 11 is 6.36. The molecule has 3 heterocycles. The number of carbonyl (C=O) groups excluding carboxylic acids is 1. The fourth-order valence-electron chi connectivity index (χ4n) is 3.97. The highest BCUT2D eigenvalue weighted by atomic mass is 35.5. The molecule has 5 aromatic rings. The highest BCUT2D eigenvalue weighted by Crippen LogP contribution is 2.21. The van der Waals surface area contributed by atoms with E-state index >= 15 is 0 Å². The predicted octanol–water partition coefficient (Wildman–Crippen LogP) is 2.96. The maximum Gasteiger partial charge on any atom is 0.267 e. The summed E-state index contributed by atoms with van der Waals surface area (Å²) < 4.78 is 1.56. The Hall–Kier alpha value is -5.27. The Labute approximate surface area is 227 Å². The third kappa shape index (κ3) is 5.39. The number of hydrogen-bond acceptors (Lipinski definition) is 8. The van der Waals surface area contributed by atoms with Gasteiger partial charge in [0.1, 0.15) is 35.0 Å². The molecule has 3 aromatic heterocycles. The molecule has 0 saturated carbocycles. The van der Waals surface area contributed by atoms with Crippen LogP contribution in [0.3, 0.4) is 0 Å². The Balaban J connectivity index is 1.46. The average Bonchev–Trinajstić information content (AvgIpc) is 2.93. The highest BCUT2D eigenvalue weighted by molar-refractivity contribution is 6.35. The summed E-state index contributed by atoms with van der Waals surface area (Å²) in [5, 5.41) is 3.92. The van der Waals surface area contributed by atoms with Crippen molar-refractivity contribution >= 4 is 40.0 Å². The molecule has 0 aliphatic rings. The Bertz CT molecular complexity index is 1830. The van der Waals surface area contributed by atoms with Crippen molar-refractivity contribution in [2.45, 2.75) is 6.42 Å². The number of para-hydroxylation sites is 1. The van der Waals surface area contributed by atoms with Gasteiger partial charge in [-0.3, -0.25) is 14.2 Å². The largest absolute Gasteiger partial charge is 0.382 e. The van der Waals surface area contributed by atoms with Crippen molar-refractivity contribution in [3.63, 3.8) is 0 Å². The third-order valence-corrected chi connectivity index (χ3v) is 6.12. The van der Waals surface area contributed by atoms with E-state index in [2.05, 4.69) is 32.1 Å². The third-order valence-electron chi connectivity index (χ3n) is 5.81. The summed E-state index contributed by atoms with van der Waals surface area (Å²) in [5.41, 5.74) is 13.3. The van der Waals surface area contributed by atoms with E-state index in [0.717, 1.165) is 0 Å². The number of aromatic nitrogens is 5. The molecular weight excluding hydrogens is 516 g/mol. The minimum atomic E-state index is -0.580. The summed E-state index contributed by atoms with van der Waals surface area (Å²) in [7, 11) is 0. The van der Waals surface area contributed by atoms with E-state index in [1.807, 2.05) is 30.3 Å². The lowest BCUT2D eigenvalue weighted by atomic mass is 10.2. The Kier molecular flexibility index (Phi) is 7.16. The number of rotatable bonds is 6. The number of primary amides is 1. The van der Waals surface area contributed by atoms with Gasteiger partial charge in [0.15, 0.2) is 0 Å². The number of nitrogen functional groups attached to an aromatic ring is 1. The van der Waals surface area contributed by atoms with Crippen molar-refractivity contribution < 1.29 is 4.79 Å². The molecule has 192 valence electrons. The first-order chi connectivity index (χ1) is 18.9. The second-order valence-corrected chi connectivity index (χ2v) is 8.75. The van der Waals surface area contributed by atoms with Gasteiger partial charge in [-0.25, -0.2) is 19.9 Å². The van der Waals surface area contributed by atoms with Crippen LogP contribution in [0.15, 0.2) is 78.0 Å². The van der Waals surface area contributed by atoms with Gasteiger partial charge in [-0.2, -0.15) is 0 Å². The smallest absolute Gasteiger partial charge is 0.267 e. The van der Waals surface area contributed by atoms with Crippen LogP contribution in [0.4, 0.5) is 11.6 Å². The first-order valence-electron chi connectivity index (χ1n) is 11.8. The van der Waals surface area contributed by atoms with E-state index < -0.39 is 5.91 Å². The van der Waals surface area contributed by atoms with Gasteiger partial charge in [0, 0.05) is 24.7 Å². The molecule has 2 aromatic carbocycles. The predicted molar refractivity (Wildman–Crippen MR) is 150 cm³/mol. The number of amides is 1. The topological polar surface area (TPSA) is 155 Å². The zero-order valence-corrected chi connectivity index (χ0v) is 21.2. The van der Waals surface area contributed by atoms with Crippen LogP contribution in [0, 0.1) is 11.8 Å². The molecule has 0 radical (unpaired) electrons. The van der Waals surface area contributed by atoms with E-state index in [9.17, 15) is 9.59 Å². The molecule has 0 saturated heterocycles. The SMILES string of the molecule is NC(=O)c1ccnc(C#Cc2c(N)ncnc2NCCc2nc3cccc(Cl)c3c(=O)n2-c2ccccc2)c1. The van der Waals surface area contributed by atoms with Crippen LogP contribution in [0.5, 0.6) is 0 Å². The minimum absolute atomic E-state index is 0.172. The summed E-state index contributed by atoms with van der Waals surface area (Å²) in [6, 6.07) is 17.4. The number of nitrogens with zero attached hydrogens (tertiary/aromatic N) is 5. The van der Waals surface area contributed by atoms with E-state index in [0.29, 0.717) is 63.0 Å². The second kappa shape index (κ2) is 11.0. The monoisotopic (exact) mass is 536 g/mol. The van der Waals surface area contributed by atoms with E-state index in [1.54, 1.807) is 22.8 Å². The van der Waals surface area contributed by atoms with Crippen LogP contribution in [0.25, 0.3) is 16.6 Å². The van der Waals surface area contributed by atoms with Crippen LogP contribution >= 0.6 is 11.6 Å². The maximum atomic E-state index is 13.5. The van der Waals surface area contributed by atoms with Gasteiger partial charge in [-0.1, -0.05) is 41.8 Å². The Morgan fingerprint density at radius 3 is 2.64 bits per heavy atom. The summed E-state index contributed by atoms with van der Waals surface area (Å²) in [4.78, 5) is 42.2. The molecule has 1 amide bonds. The van der Waals surface area contributed by atoms with E-state index in [-0.39, 0.29) is 11.4 Å². The van der Waals surface area contributed by atoms with Gasteiger partial charge >= 0.3 is 0 Å². The normalized spacial score (nSPS) is 10.6. The zero-order valence-electron chi connectivity index (χ0n) is 20.4. The number of nitrogens with two attached hydrogens (primary N) is 2. The molecule has 10 nitrogen and oxygen atoms in total. The number of halogens is 1. The van der Waals surface area contributed by atoms with Gasteiger partial charge in [0.25, 0.3) is 5.56 Å². The fourth-order valence-corrected chi connectivity index (χ4v) is 4.23. The molecule has 0 aliphatic carbocycles. The molecule has 11 heteroatoms. The summed E-state index contributed by atoms with van der Waals surface area (Å²) in [6.45, 7) is 0.353. The Morgan fingerprint density at radius 2 is 1.85 bits per heavy atom. The fraction of sp³-hybridized carbons (Fsp3) is 0.0714. The number of hydrogen-bond donors (Lipinski definition) is 3. The van der Waals surface area contributed by atoms with Crippen LogP contribution in [0.1, 0.15) is 27.4 Å². The minimum Gasteiger partial charge on any atom is -0.382 e. The summed E-state index contributed by atoms with van der Waals surface area (Å²) in [5.74, 6) is 6.33. The number of pyridine rings is 1. The molecule has 5 rings (SSSR count). The lowest BCUT2D eigenvalue weighted by Gasteiger charge is -2.15. The first kappa shape index (κ1) is 25.4. The van der Waals surface area contributed by atoms with Crippen molar-refractivity contribution in [2.75, 3.05) is 17.6 Å². The molecule has 0 bridgehead atoms. The molecule has 0 aliphatic heterocycles. The average molecular weight is 537 g/mol. The van der Waals surface area contributed by atoms with Gasteiger partial charge in [0.2, 0.25) is 5.91 Å². The van der Waals surface area contributed by atoms with Crippen molar-refractivity contribution in [3.05, 3.63) is 111 Å². The van der Waals surface area contributed by atoms with Gasteiger partial charge in [0.05, 0.1) is 21.6 Å². The number of anilines is 2. The number of nitrogens with one attached hydrogen (secondary N) is 1. The van der Waals surface area contributed by atoms with E-state index in [4.69, 9.17) is 28.1 Å². The van der Waals surface area contributed by atoms with Crippen LogP contribution < -0.4 is 22.3 Å². The highest BCUT2D eigenvalue weighted by Gasteiger charge is 2.15. The molecule has 0 atom stereocenters. The molecule has 0 spiro atoms. The van der Waals surface area contributed by atoms with Crippen LogP contribution in [0.2, 0.25) is 5.02 Å². The van der Waals surface area contributed by atoms with Gasteiger partial charge in [-0.15, -0.1) is 0 Å². The molecule has 0 fully saturated rings. The first-order valence-corrected chi connectivity index (χ1v) is 12.2. The number of carbonyl (C=O) groups is 1. The second-order valence-electron chi connectivity index (χ2n) is 8.34. The van der Waals surface area contributed by atoms with Gasteiger partial charge < -0.3 is 16.8 Å². The molecule has 0 unspecified atom stereocenters. The molecule has 5 N–H and O–H groups in total. The van der Waals surface area contributed by atoms with Crippen molar-refractivity contribution in [2.24, 2.45) is 5.73 Å². The van der Waals surface area contributed by atoms with Crippen LogP contribution in [-0.4, -0.2) is 37.0 Å². The maximum absolute atomic E-state index is 13.5. The quantitative estimate of drug-likeness (QED) is 0.280. The molecule has 39 heavy (non-hydrogen) atoms. The number of benzene rings is 2.